The van der Waals surface area contributed by atoms with E-state index < -0.39 is 28.5 Å². The lowest BCUT2D eigenvalue weighted by molar-refractivity contribution is -0.385. The minimum absolute atomic E-state index is 0.139. The molecule has 3 aromatic carbocycles. The number of carbonyl (C=O) groups is 2. The van der Waals surface area contributed by atoms with E-state index in [0.29, 0.717) is 29.0 Å². The Labute approximate surface area is 222 Å². The Hall–Kier alpha value is -5.50. The third-order valence-electron chi connectivity index (χ3n) is 6.01. The Bertz CT molecular complexity index is 1670. The largest absolute Gasteiger partial charge is 0.479 e. The molecule has 196 valence electrons. The quantitative estimate of drug-likeness (QED) is 0.170. The van der Waals surface area contributed by atoms with Crippen LogP contribution in [0.5, 0.6) is 0 Å². The van der Waals surface area contributed by atoms with Crippen molar-refractivity contribution in [2.75, 3.05) is 11.4 Å². The number of aryl methyl sites for hydroxylation is 1. The Balaban J connectivity index is 1.55. The monoisotopic (exact) mass is 525 g/mol. The van der Waals surface area contributed by atoms with Crippen molar-refractivity contribution in [3.8, 4) is 12.3 Å². The van der Waals surface area contributed by atoms with Crippen molar-refractivity contribution in [3.05, 3.63) is 110 Å². The van der Waals surface area contributed by atoms with Gasteiger partial charge in [0.2, 0.25) is 0 Å². The van der Waals surface area contributed by atoms with Gasteiger partial charge < -0.3 is 20.3 Å². The van der Waals surface area contributed by atoms with Crippen LogP contribution in [0.15, 0.2) is 71.5 Å². The van der Waals surface area contributed by atoms with Crippen LogP contribution in [0, 0.1) is 29.4 Å². The van der Waals surface area contributed by atoms with Gasteiger partial charge in [-0.25, -0.2) is 9.78 Å². The number of carboxylic acids is 1. The van der Waals surface area contributed by atoms with E-state index in [9.17, 15) is 29.6 Å². The van der Waals surface area contributed by atoms with Crippen molar-refractivity contribution in [2.45, 2.75) is 19.5 Å². The first-order valence-electron chi connectivity index (χ1n) is 11.7. The zero-order chi connectivity index (χ0) is 28.1. The smallest absolute Gasteiger partial charge is 0.331 e. The number of aliphatic carboxylic acids is 1. The Morgan fingerprint density at radius 2 is 1.90 bits per heavy atom. The van der Waals surface area contributed by atoms with Crippen LogP contribution in [-0.2, 0) is 11.3 Å². The molecular formula is C28H23N5O6. The number of aromatic amines is 1. The fraction of sp³-hybridized carbons (Fsp3) is 0.143. The summed E-state index contributed by atoms with van der Waals surface area (Å²) in [5.74, 6) is 0.969. The average molecular weight is 526 g/mol. The normalized spacial score (nSPS) is 11.4. The van der Waals surface area contributed by atoms with E-state index >= 15 is 0 Å². The number of fused-ring (bicyclic) bond motifs is 1. The molecule has 1 aromatic heterocycles. The average Bonchev–Trinajstić information content (AvgIpc) is 2.91. The van der Waals surface area contributed by atoms with E-state index in [1.54, 1.807) is 31.2 Å². The van der Waals surface area contributed by atoms with Gasteiger partial charge in [0.05, 0.1) is 27.9 Å². The van der Waals surface area contributed by atoms with Crippen molar-refractivity contribution in [2.24, 2.45) is 0 Å². The molecule has 1 unspecified atom stereocenters. The molecule has 1 heterocycles. The van der Waals surface area contributed by atoms with Crippen molar-refractivity contribution in [1.82, 2.24) is 15.3 Å². The van der Waals surface area contributed by atoms with E-state index in [4.69, 9.17) is 6.42 Å². The highest BCUT2D eigenvalue weighted by Crippen LogP contribution is 2.26. The van der Waals surface area contributed by atoms with Gasteiger partial charge in [-0.05, 0) is 55.0 Å². The van der Waals surface area contributed by atoms with Crippen LogP contribution in [0.1, 0.15) is 33.4 Å². The summed E-state index contributed by atoms with van der Waals surface area (Å²) in [5, 5.41) is 23.8. The summed E-state index contributed by atoms with van der Waals surface area (Å²) in [7, 11) is 0. The van der Waals surface area contributed by atoms with E-state index in [2.05, 4.69) is 21.2 Å². The van der Waals surface area contributed by atoms with Gasteiger partial charge in [0.25, 0.3) is 17.2 Å². The summed E-state index contributed by atoms with van der Waals surface area (Å²) >= 11 is 0. The molecule has 0 saturated carbocycles. The van der Waals surface area contributed by atoms with Crippen LogP contribution in [0.2, 0.25) is 0 Å². The predicted molar refractivity (Wildman–Crippen MR) is 144 cm³/mol. The lowest BCUT2D eigenvalue weighted by atomic mass is 10.0. The first-order valence-corrected chi connectivity index (χ1v) is 11.7. The third-order valence-corrected chi connectivity index (χ3v) is 6.01. The molecule has 4 rings (SSSR count). The number of anilines is 1. The number of H-pyrrole nitrogens is 1. The molecule has 4 aromatic rings. The molecule has 1 atom stereocenters. The van der Waals surface area contributed by atoms with Crippen LogP contribution >= 0.6 is 0 Å². The van der Waals surface area contributed by atoms with Crippen molar-refractivity contribution in [3.63, 3.8) is 0 Å². The minimum atomic E-state index is -1.62. The zero-order valence-corrected chi connectivity index (χ0v) is 20.7. The molecule has 0 bridgehead atoms. The van der Waals surface area contributed by atoms with Gasteiger partial charge in [-0.15, -0.1) is 6.42 Å². The van der Waals surface area contributed by atoms with Crippen LogP contribution in [0.4, 0.5) is 11.4 Å². The van der Waals surface area contributed by atoms with Crippen LogP contribution in [-0.4, -0.2) is 38.4 Å². The Kier molecular flexibility index (Phi) is 7.67. The number of nitro groups is 1. The number of nitrogens with one attached hydrogen (secondary N) is 2. The zero-order valence-electron chi connectivity index (χ0n) is 20.7. The highest BCUT2D eigenvalue weighted by Gasteiger charge is 2.29. The number of nitro benzene ring substituents is 1. The lowest BCUT2D eigenvalue weighted by Gasteiger charge is -2.23. The highest BCUT2D eigenvalue weighted by atomic mass is 16.6. The second-order valence-corrected chi connectivity index (χ2v) is 8.67. The number of carboxylic acid groups (broad SMARTS) is 1. The van der Waals surface area contributed by atoms with E-state index in [1.807, 2.05) is 11.0 Å². The molecule has 0 aliphatic carbocycles. The van der Waals surface area contributed by atoms with Gasteiger partial charge in [0.1, 0.15) is 5.82 Å². The third kappa shape index (κ3) is 5.91. The SMILES string of the molecule is C#CCN(Cc1ccc2nc(C)[nH]c(=O)c2c1)c1ccc(C(=O)NC(C(=O)O)c2ccccc2[N+](=O)[O-])cc1. The second kappa shape index (κ2) is 11.3. The Morgan fingerprint density at radius 3 is 2.56 bits per heavy atom. The number of terminal acetylenes is 1. The number of para-hydroxylation sites is 1. The molecule has 39 heavy (non-hydrogen) atoms. The summed E-state index contributed by atoms with van der Waals surface area (Å²) in [6, 6.07) is 15.4. The predicted octanol–water partition coefficient (Wildman–Crippen LogP) is 3.34. The number of hydrogen-bond acceptors (Lipinski definition) is 7. The molecule has 0 aliphatic rings. The van der Waals surface area contributed by atoms with Crippen LogP contribution < -0.4 is 15.8 Å². The number of aromatic nitrogens is 2. The number of nitrogens with zero attached hydrogens (tertiary/aromatic N) is 3. The first kappa shape index (κ1) is 26.6. The van der Waals surface area contributed by atoms with Gasteiger partial charge in [-0.2, -0.15) is 0 Å². The molecular weight excluding hydrogens is 502 g/mol. The summed E-state index contributed by atoms with van der Waals surface area (Å²) in [6.07, 6.45) is 5.58. The van der Waals surface area contributed by atoms with Gasteiger partial charge >= 0.3 is 5.97 Å². The highest BCUT2D eigenvalue weighted by molar-refractivity contribution is 5.97. The fourth-order valence-corrected chi connectivity index (χ4v) is 4.18. The van der Waals surface area contributed by atoms with Crippen molar-refractivity contribution >= 4 is 34.2 Å². The standard InChI is InChI=1S/C28H23N5O6/c1-3-14-32(16-18-8-13-23-22(15-18)27(35)30-17(2)29-23)20-11-9-19(10-12-20)26(34)31-25(28(36)37)21-6-4-5-7-24(21)33(38)39/h1,4-13,15,25H,14,16H2,2H3,(H,31,34)(H,36,37)(H,29,30,35). The molecule has 0 saturated heterocycles. The van der Waals surface area contributed by atoms with Crippen LogP contribution in [0.25, 0.3) is 10.9 Å². The molecule has 0 radical (unpaired) electrons. The van der Waals surface area contributed by atoms with Gasteiger partial charge in [-0.1, -0.05) is 24.1 Å². The Morgan fingerprint density at radius 1 is 1.18 bits per heavy atom. The maximum atomic E-state index is 12.9. The van der Waals surface area contributed by atoms with E-state index in [1.165, 1.54) is 36.4 Å². The maximum absolute atomic E-state index is 12.9. The fourth-order valence-electron chi connectivity index (χ4n) is 4.18. The van der Waals surface area contributed by atoms with Gasteiger partial charge in [-0.3, -0.25) is 19.7 Å². The summed E-state index contributed by atoms with van der Waals surface area (Å²) in [6.45, 7) is 2.32. The number of carbonyl (C=O) groups excluding carboxylic acids is 1. The van der Waals surface area contributed by atoms with Crippen molar-refractivity contribution < 1.29 is 19.6 Å². The summed E-state index contributed by atoms with van der Waals surface area (Å²) < 4.78 is 0. The topological polar surface area (TPSA) is 159 Å². The summed E-state index contributed by atoms with van der Waals surface area (Å²) in [4.78, 5) is 56.6. The van der Waals surface area contributed by atoms with E-state index in [-0.39, 0.29) is 23.2 Å². The molecule has 0 fully saturated rings. The van der Waals surface area contributed by atoms with Gasteiger partial charge in [0, 0.05) is 23.9 Å². The molecule has 11 nitrogen and oxygen atoms in total. The van der Waals surface area contributed by atoms with Crippen molar-refractivity contribution in [1.29, 1.82) is 0 Å². The summed E-state index contributed by atoms with van der Waals surface area (Å²) in [5.41, 5.74) is 1.46. The second-order valence-electron chi connectivity index (χ2n) is 8.67. The first-order chi connectivity index (χ1) is 18.7. The maximum Gasteiger partial charge on any atom is 0.331 e. The lowest BCUT2D eigenvalue weighted by Crippen LogP contribution is -2.34. The van der Waals surface area contributed by atoms with E-state index in [0.717, 1.165) is 5.56 Å². The number of rotatable bonds is 9. The van der Waals surface area contributed by atoms with Gasteiger partial charge in [0.15, 0.2) is 6.04 Å². The molecule has 11 heteroatoms. The number of benzene rings is 3. The molecule has 0 aliphatic heterocycles. The number of amides is 1. The minimum Gasteiger partial charge on any atom is -0.479 e. The molecule has 1 amide bonds. The molecule has 0 spiro atoms. The molecule has 3 N–H and O–H groups in total. The van der Waals surface area contributed by atoms with Crippen LogP contribution in [0.3, 0.4) is 0 Å². The number of hydrogen-bond donors (Lipinski definition) is 3.